The molecule has 0 spiro atoms. The molecule has 8 heterocycles. The average molecular weight is 2090 g/mol. The van der Waals surface area contributed by atoms with E-state index in [1.165, 1.54) is 19.5 Å². The average Bonchev–Trinajstić information content (AvgIpc) is 1.55. The lowest BCUT2D eigenvalue weighted by Crippen LogP contribution is -2.44. The minimum absolute atomic E-state index is 0.00784. The van der Waals surface area contributed by atoms with E-state index in [0.29, 0.717) is 110 Å². The molecule has 0 saturated heterocycles. The van der Waals surface area contributed by atoms with Crippen LogP contribution < -0.4 is 88.7 Å². The van der Waals surface area contributed by atoms with Gasteiger partial charge in [0.15, 0.2) is 70.9 Å². The first-order chi connectivity index (χ1) is 65.1. The molecule has 8 aliphatic heterocycles. The van der Waals surface area contributed by atoms with Crippen LogP contribution in [-0.2, 0) is 41.9 Å². The molecule has 34 heteroatoms. The van der Waals surface area contributed by atoms with Crippen molar-refractivity contribution in [3.05, 3.63) is 119 Å². The zero-order valence-corrected chi connectivity index (χ0v) is 97.2. The zero-order valence-electron chi connectivity index (χ0n) is 91.8. The topological polar surface area (TPSA) is 357 Å². The molecule has 142 heavy (non-hydrogen) atoms. The van der Waals surface area contributed by atoms with Gasteiger partial charge in [0.2, 0.25) is 6.54 Å². The van der Waals surface area contributed by atoms with Gasteiger partial charge in [-0.05, 0) is 179 Å². The number of aliphatic imine (C=N–C) groups is 2. The molecule has 6 aromatic rings. The normalized spacial score (nSPS) is 24.9. The monoisotopic (exact) mass is 2090 g/mol. The molecular formula is C108H163N3O25P6. The summed E-state index contributed by atoms with van der Waals surface area (Å²) in [6.07, 6.45) is 0.519. The van der Waals surface area contributed by atoms with Gasteiger partial charge in [-0.1, -0.05) is 203 Å². The van der Waals surface area contributed by atoms with Gasteiger partial charge in [-0.15, -0.1) is 0 Å². The van der Waals surface area contributed by atoms with E-state index in [1.54, 1.807) is 105 Å². The number of nitrogens with zero attached hydrogens (tertiary/aromatic N) is 3. The summed E-state index contributed by atoms with van der Waals surface area (Å²) in [5, 5.41) is 32.1. The molecule has 28 nitrogen and oxygen atoms in total. The molecule has 14 atom stereocenters. The molecule has 0 bridgehead atoms. The van der Waals surface area contributed by atoms with Crippen LogP contribution in [0.3, 0.4) is 0 Å². The number of carboxylic acid groups (broad SMARTS) is 1. The summed E-state index contributed by atoms with van der Waals surface area (Å²) < 4.78 is 152. The lowest BCUT2D eigenvalue weighted by molar-refractivity contribution is -0.497. The highest BCUT2D eigenvalue weighted by Gasteiger charge is 2.67. The van der Waals surface area contributed by atoms with E-state index in [2.05, 4.69) is 68.4 Å². The molecule has 14 rings (SSSR count). The molecule has 0 aliphatic carbocycles. The van der Waals surface area contributed by atoms with Crippen LogP contribution >= 0.6 is 43.6 Å². The Hall–Kier alpha value is -8.06. The number of nitro groups is 1. The number of fused-ring (bicyclic) bond motifs is 6. The van der Waals surface area contributed by atoms with Crippen molar-refractivity contribution in [2.45, 2.75) is 314 Å². The molecule has 790 valence electrons. The van der Waals surface area contributed by atoms with E-state index < -0.39 is 115 Å². The van der Waals surface area contributed by atoms with Crippen LogP contribution in [0, 0.1) is 60.9 Å². The number of Topliss-reactive ketones (excluding diaryl/α,β-unsaturated/α-hetero) is 1. The van der Waals surface area contributed by atoms with E-state index in [9.17, 15) is 52.7 Å². The Bertz CT molecular complexity index is 5910. The molecular weight excluding hydrogens is 1930 g/mol. The highest BCUT2D eigenvalue weighted by Crippen LogP contribution is 2.76. The van der Waals surface area contributed by atoms with E-state index in [1.807, 2.05) is 200 Å². The molecule has 0 aromatic heterocycles. The number of carbonyl (C=O) groups is 2. The van der Waals surface area contributed by atoms with Gasteiger partial charge >= 0.3 is 5.97 Å². The summed E-state index contributed by atoms with van der Waals surface area (Å²) in [4.78, 5) is 45.4. The Balaban J connectivity index is 0.000000191. The van der Waals surface area contributed by atoms with Gasteiger partial charge in [0, 0.05) is 43.7 Å². The van der Waals surface area contributed by atoms with Crippen molar-refractivity contribution in [2.75, 3.05) is 75.4 Å². The number of benzene rings is 6. The second kappa shape index (κ2) is 42.7. The van der Waals surface area contributed by atoms with Crippen molar-refractivity contribution in [1.29, 1.82) is 0 Å². The molecule has 6 aromatic carbocycles. The number of carbonyl (C=O) groups excluding carboxylic acids is 1. The van der Waals surface area contributed by atoms with E-state index in [0.717, 1.165) is 22.7 Å². The maximum absolute atomic E-state index is 14.7. The third kappa shape index (κ3) is 21.8. The van der Waals surface area contributed by atoms with E-state index in [-0.39, 0.29) is 82.1 Å². The van der Waals surface area contributed by atoms with Crippen LogP contribution in [0.4, 0.5) is 0 Å². The van der Waals surface area contributed by atoms with Gasteiger partial charge in [-0.3, -0.25) is 19.7 Å². The van der Waals surface area contributed by atoms with Crippen LogP contribution in [0.1, 0.15) is 242 Å². The molecule has 8 aliphatic rings. The number of hydrogen-bond acceptors (Lipinski definition) is 26. The van der Waals surface area contributed by atoms with Crippen LogP contribution in [0.15, 0.2) is 119 Å². The predicted molar refractivity (Wildman–Crippen MR) is 574 cm³/mol. The first-order valence-corrected chi connectivity index (χ1v) is 59.3. The number of methoxy groups -OCH3 is 6. The SMILES string of the molecule is COc1cccc2c1[P@](=O)(C(C)(C)C)CO2.COc1cccc2c1[P@](=O)(C(C)(C)C)[C@@H](C(C)(C)C(=O)C[C@@H](CO)C(C)C)O2.COc1cccc2c1[P@](=O)(C(C)(C)C)[C@@H](C(C)(C)C(=O)O)O2.COc1cccc2c1[P@](=O)(C(C)(C)C)[C@@H](C(C)(C)C1=N[C@H](C(C)C)CO1)O2.COc1cccc2c1[P@](=O)(C(C)(C)C)[C@@H](C(C)(C)C[N+](=O)[O-])O2.COc1cccc2c1[P@](C(C)(C)C)[C@@H](C(C)(C)C1=N[C@H](C(C)C)CO1)O2. The Morgan fingerprint density at radius 3 is 1.06 bits per heavy atom. The quantitative estimate of drug-likeness (QED) is 0.0342. The van der Waals surface area contributed by atoms with E-state index in [4.69, 9.17) is 76.3 Å². The van der Waals surface area contributed by atoms with Crippen LogP contribution in [0.2, 0.25) is 0 Å². The Morgan fingerprint density at radius 1 is 0.423 bits per heavy atom. The van der Waals surface area contributed by atoms with Crippen molar-refractivity contribution in [1.82, 2.24) is 0 Å². The second-order valence-electron chi connectivity index (χ2n) is 47.8. The lowest BCUT2D eigenvalue weighted by atomic mass is 9.81. The molecule has 2 N–H and O–H groups in total. The summed E-state index contributed by atoms with van der Waals surface area (Å²) in [7, 11) is -6.21. The van der Waals surface area contributed by atoms with Crippen molar-refractivity contribution < 1.29 is 114 Å². The molecule has 0 amide bonds. The Kier molecular flexibility index (Phi) is 35.3. The molecule has 0 fully saturated rings. The number of aliphatic hydroxyl groups excluding tert-OH is 1. The van der Waals surface area contributed by atoms with Crippen molar-refractivity contribution in [2.24, 2.45) is 60.7 Å². The van der Waals surface area contributed by atoms with Gasteiger partial charge in [-0.2, -0.15) is 0 Å². The minimum Gasteiger partial charge on any atom is -0.496 e. The maximum Gasteiger partial charge on any atom is 0.313 e. The highest BCUT2D eigenvalue weighted by molar-refractivity contribution is 7.76. The first-order valence-electron chi connectivity index (χ1n) is 48.9. The van der Waals surface area contributed by atoms with Gasteiger partial charge < -0.3 is 99.4 Å². The number of ether oxygens (including phenoxy) is 14. The predicted octanol–water partition coefficient (Wildman–Crippen LogP) is 23.6. The number of hydrogen-bond donors (Lipinski definition) is 2. The summed E-state index contributed by atoms with van der Waals surface area (Å²) in [6, 6.07) is 33.5. The van der Waals surface area contributed by atoms with Crippen LogP contribution in [-0.4, -0.2) is 186 Å². The number of rotatable bonds is 23. The van der Waals surface area contributed by atoms with Gasteiger partial charge in [0.25, 0.3) is 0 Å². The van der Waals surface area contributed by atoms with Gasteiger partial charge in [0.1, 0.15) is 106 Å². The number of aliphatic hydroxyl groups is 1. The van der Waals surface area contributed by atoms with Crippen molar-refractivity contribution in [3.8, 4) is 69.0 Å². The summed E-state index contributed by atoms with van der Waals surface area (Å²) >= 11 is 0. The molecule has 0 radical (unpaired) electrons. The summed E-state index contributed by atoms with van der Waals surface area (Å²) in [5.41, 5.74) is -4.07. The fraction of sp³-hybridized carbons (Fsp3) is 0.630. The first kappa shape index (κ1) is 117. The zero-order chi connectivity index (χ0) is 107. The summed E-state index contributed by atoms with van der Waals surface area (Å²) in [6.45, 7) is 68.0. The number of ketones is 1. The van der Waals surface area contributed by atoms with Gasteiger partial charge in [0.05, 0.1) is 108 Å². The van der Waals surface area contributed by atoms with Crippen LogP contribution in [0.25, 0.3) is 0 Å². The minimum atomic E-state index is -3.21. The number of carboxylic acids is 1. The number of aliphatic carboxylic acids is 1. The Morgan fingerprint density at radius 2 is 0.739 bits per heavy atom. The molecule has 0 unspecified atom stereocenters. The van der Waals surface area contributed by atoms with Crippen LogP contribution in [0.5, 0.6) is 69.0 Å². The third-order valence-electron chi connectivity index (χ3n) is 28.5. The lowest BCUT2D eigenvalue weighted by Gasteiger charge is -2.39. The van der Waals surface area contributed by atoms with Crippen molar-refractivity contribution in [3.63, 3.8) is 0 Å². The largest absolute Gasteiger partial charge is 0.496 e. The fourth-order valence-corrected chi connectivity index (χ4v) is 40.5. The van der Waals surface area contributed by atoms with E-state index >= 15 is 0 Å². The summed E-state index contributed by atoms with van der Waals surface area (Å²) in [5.74, 6) is 5.89. The third-order valence-corrected chi connectivity index (χ3v) is 54.0. The highest BCUT2D eigenvalue weighted by atomic mass is 31.2. The van der Waals surface area contributed by atoms with Crippen molar-refractivity contribution >= 4 is 99.0 Å². The fourth-order valence-electron chi connectivity index (χ4n) is 19.2. The standard InChI is InChI=1S/C22H35O5P.C21H32NO4P.C21H32NO3P.C16H24NO5P.C16H23O5P.C12H17O3P/c1-14(2)15(13-23)12-18(24)22(6,7)20-27-17-11-9-10-16(26-8)19(17)28(20,25)21(3,4)5;1-13(2)14-12-25-18(22-14)21(6,7)19-26-16-11-9-10-15(24-8)17(16)27(19,23)20(3,4)5;1-13(2)14-12-24-18(22-14)21(6,7)19-25-16-11-9-10-15(23-8)17(16)26(19)20(3,4)5;1-15(2,3)23(20)13-11(21-6)8-7-9-12(13)22-14(23)16(4,5)10-17(18)19;1-15(2,3)22(19)12-10(20-6)8-7-9-11(12)21-14(22)16(4,5)13(17)18;1-12(2,3)16(13)8-15-10-7-5-6-9(14-4)11(10)16/h9-11,14-15,20,23H,12-13H2,1-8H3;9-11,13-14,19H,12H2,1-8H3;9-11,13-14,19H,12H2,1-8H3;7-9,14H,10H2,1-6H3;7-9,14H,1-6H3,(H,17,18);5-7H,8H2,1-4H3/t15-,20-,28+;14-,19-,27+;14-,19-,26-;14-,23+;14-,22+;16-/m000000/s1. The van der Waals surface area contributed by atoms with Gasteiger partial charge in [-0.25, -0.2) is 9.98 Å². The molecule has 0 saturated carbocycles. The smallest absolute Gasteiger partial charge is 0.313 e. The maximum atomic E-state index is 14.7. The second-order valence-corrected chi connectivity index (χ2v) is 68.7. The Labute approximate surface area is 846 Å².